The molecule has 0 aliphatic carbocycles. The molecule has 0 atom stereocenters. The van der Waals surface area contributed by atoms with E-state index < -0.39 is 11.8 Å². The molecule has 0 fully saturated rings. The standard InChI is InChI=1S/C21H14BrFN2O3/c1-11-19(20(24)26)14-4-2-3-5-16(14)25(11)21(27)18-9-8-17(28-18)13-7-6-12(23)10-15(13)22/h2-10H,1H3,(H2,24,26). The van der Waals surface area contributed by atoms with Crippen LogP contribution in [0.5, 0.6) is 0 Å². The highest BCUT2D eigenvalue weighted by atomic mass is 79.9. The molecule has 0 spiro atoms. The van der Waals surface area contributed by atoms with Gasteiger partial charge in [0.05, 0.1) is 11.1 Å². The molecule has 4 aromatic rings. The van der Waals surface area contributed by atoms with Crippen molar-refractivity contribution in [2.24, 2.45) is 5.73 Å². The summed E-state index contributed by atoms with van der Waals surface area (Å²) >= 11 is 3.30. The van der Waals surface area contributed by atoms with Gasteiger partial charge in [0.15, 0.2) is 5.76 Å². The number of amides is 1. The molecule has 140 valence electrons. The number of furan rings is 1. The fraction of sp³-hybridized carbons (Fsp3) is 0.0476. The third-order valence-corrected chi connectivity index (χ3v) is 5.23. The molecule has 0 saturated heterocycles. The van der Waals surface area contributed by atoms with Gasteiger partial charge in [-0.25, -0.2) is 4.39 Å². The van der Waals surface area contributed by atoms with Gasteiger partial charge in [-0.1, -0.05) is 18.2 Å². The summed E-state index contributed by atoms with van der Waals surface area (Å²) in [4.78, 5) is 25.0. The average molecular weight is 441 g/mol. The zero-order valence-corrected chi connectivity index (χ0v) is 16.3. The molecule has 4 rings (SSSR count). The third kappa shape index (κ3) is 2.84. The number of halogens is 2. The van der Waals surface area contributed by atoms with Gasteiger partial charge in [0.25, 0.3) is 11.8 Å². The smallest absolute Gasteiger partial charge is 0.298 e. The molecule has 1 amide bonds. The molecule has 0 bridgehead atoms. The first-order valence-electron chi connectivity index (χ1n) is 8.38. The fourth-order valence-corrected chi connectivity index (χ4v) is 3.88. The van der Waals surface area contributed by atoms with E-state index in [-0.39, 0.29) is 11.6 Å². The highest BCUT2D eigenvalue weighted by molar-refractivity contribution is 9.10. The number of hydrogen-bond acceptors (Lipinski definition) is 3. The average Bonchev–Trinajstić information content (AvgIpc) is 3.23. The summed E-state index contributed by atoms with van der Waals surface area (Å²) in [5.41, 5.74) is 7.45. The summed E-state index contributed by atoms with van der Waals surface area (Å²) in [5.74, 6) is -0.904. The quantitative estimate of drug-likeness (QED) is 0.491. The molecule has 7 heteroatoms. The van der Waals surface area contributed by atoms with Crippen LogP contribution in [0.2, 0.25) is 0 Å². The van der Waals surface area contributed by atoms with E-state index in [0.29, 0.717) is 38.0 Å². The van der Waals surface area contributed by atoms with Gasteiger partial charge in [-0.15, -0.1) is 0 Å². The van der Waals surface area contributed by atoms with Gasteiger partial charge < -0.3 is 10.2 Å². The van der Waals surface area contributed by atoms with Crippen molar-refractivity contribution >= 4 is 38.6 Å². The first-order chi connectivity index (χ1) is 13.4. The lowest BCUT2D eigenvalue weighted by atomic mass is 10.1. The Labute approximate surface area is 167 Å². The van der Waals surface area contributed by atoms with E-state index >= 15 is 0 Å². The predicted octanol–water partition coefficient (Wildman–Crippen LogP) is 4.90. The van der Waals surface area contributed by atoms with Crippen molar-refractivity contribution in [2.75, 3.05) is 0 Å². The van der Waals surface area contributed by atoms with Crippen molar-refractivity contribution in [3.8, 4) is 11.3 Å². The predicted molar refractivity (Wildman–Crippen MR) is 107 cm³/mol. The zero-order valence-electron chi connectivity index (χ0n) is 14.7. The highest BCUT2D eigenvalue weighted by Gasteiger charge is 2.24. The van der Waals surface area contributed by atoms with Crippen LogP contribution in [-0.2, 0) is 0 Å². The minimum Gasteiger partial charge on any atom is -0.451 e. The molecular weight excluding hydrogens is 427 g/mol. The number of rotatable bonds is 3. The minimum absolute atomic E-state index is 0.0890. The number of carbonyl (C=O) groups is 2. The summed E-state index contributed by atoms with van der Waals surface area (Å²) < 4.78 is 21.0. The van der Waals surface area contributed by atoms with E-state index in [1.165, 1.54) is 16.7 Å². The van der Waals surface area contributed by atoms with E-state index in [1.807, 2.05) is 0 Å². The van der Waals surface area contributed by atoms with Crippen molar-refractivity contribution in [2.45, 2.75) is 6.92 Å². The number of nitrogens with two attached hydrogens (primary N) is 1. The first kappa shape index (κ1) is 18.2. The zero-order chi connectivity index (χ0) is 20.0. The Morgan fingerprint density at radius 3 is 2.57 bits per heavy atom. The first-order valence-corrected chi connectivity index (χ1v) is 9.17. The molecule has 2 aromatic heterocycles. The van der Waals surface area contributed by atoms with E-state index in [1.54, 1.807) is 49.4 Å². The molecule has 5 nitrogen and oxygen atoms in total. The Morgan fingerprint density at radius 1 is 1.11 bits per heavy atom. The van der Waals surface area contributed by atoms with Crippen LogP contribution in [0.4, 0.5) is 4.39 Å². The number of fused-ring (bicyclic) bond motifs is 1. The van der Waals surface area contributed by atoms with Crippen molar-refractivity contribution < 1.29 is 18.4 Å². The summed E-state index contributed by atoms with van der Waals surface area (Å²) in [6, 6.07) is 14.4. The normalized spacial score (nSPS) is 11.1. The largest absolute Gasteiger partial charge is 0.451 e. The lowest BCUT2D eigenvalue weighted by Gasteiger charge is -2.05. The number of para-hydroxylation sites is 1. The van der Waals surface area contributed by atoms with Crippen LogP contribution >= 0.6 is 15.9 Å². The molecule has 28 heavy (non-hydrogen) atoms. The van der Waals surface area contributed by atoms with Crippen LogP contribution < -0.4 is 5.73 Å². The van der Waals surface area contributed by atoms with E-state index in [4.69, 9.17) is 10.2 Å². The number of primary amides is 1. The monoisotopic (exact) mass is 440 g/mol. The molecule has 2 N–H and O–H groups in total. The molecule has 2 heterocycles. The van der Waals surface area contributed by atoms with Gasteiger partial charge in [0.2, 0.25) is 0 Å². The number of aromatic nitrogens is 1. The third-order valence-electron chi connectivity index (χ3n) is 4.57. The molecular formula is C21H14BrFN2O3. The molecule has 0 aliphatic rings. The maximum absolute atomic E-state index is 13.3. The molecule has 0 unspecified atom stereocenters. The van der Waals surface area contributed by atoms with Gasteiger partial charge >= 0.3 is 0 Å². The van der Waals surface area contributed by atoms with Crippen LogP contribution in [0.25, 0.3) is 22.2 Å². The van der Waals surface area contributed by atoms with E-state index in [9.17, 15) is 14.0 Å². The summed E-state index contributed by atoms with van der Waals surface area (Å²) in [6.07, 6.45) is 0. The lowest BCUT2D eigenvalue weighted by Crippen LogP contribution is -2.16. The Kier molecular flexibility index (Phi) is 4.39. The van der Waals surface area contributed by atoms with Crippen molar-refractivity contribution in [3.63, 3.8) is 0 Å². The van der Waals surface area contributed by atoms with Crippen molar-refractivity contribution in [1.82, 2.24) is 4.57 Å². The van der Waals surface area contributed by atoms with Gasteiger partial charge in [-0.2, -0.15) is 0 Å². The van der Waals surface area contributed by atoms with Crippen LogP contribution in [0.1, 0.15) is 26.6 Å². The van der Waals surface area contributed by atoms with Gasteiger partial charge in [0, 0.05) is 21.1 Å². The second-order valence-corrected chi connectivity index (χ2v) is 7.12. The van der Waals surface area contributed by atoms with E-state index in [2.05, 4.69) is 15.9 Å². The van der Waals surface area contributed by atoms with Gasteiger partial charge in [0.1, 0.15) is 11.6 Å². The molecule has 0 radical (unpaired) electrons. The van der Waals surface area contributed by atoms with E-state index in [0.717, 1.165) is 0 Å². The van der Waals surface area contributed by atoms with Crippen LogP contribution in [0.3, 0.4) is 0 Å². The topological polar surface area (TPSA) is 78.2 Å². The van der Waals surface area contributed by atoms with Crippen LogP contribution in [-0.4, -0.2) is 16.4 Å². The van der Waals surface area contributed by atoms with Gasteiger partial charge in [-0.05, 0) is 59.3 Å². The number of nitrogens with zero attached hydrogens (tertiary/aromatic N) is 1. The van der Waals surface area contributed by atoms with Crippen LogP contribution in [0.15, 0.2) is 63.5 Å². The number of hydrogen-bond donors (Lipinski definition) is 1. The molecule has 2 aromatic carbocycles. The second kappa shape index (κ2) is 6.76. The molecule has 0 saturated carbocycles. The summed E-state index contributed by atoms with van der Waals surface area (Å²) in [5, 5.41) is 0.605. The van der Waals surface area contributed by atoms with Gasteiger partial charge in [-0.3, -0.25) is 14.2 Å². The maximum Gasteiger partial charge on any atom is 0.298 e. The minimum atomic E-state index is -0.601. The SMILES string of the molecule is Cc1c(C(N)=O)c2ccccc2n1C(=O)c1ccc(-c2ccc(F)cc2Br)o1. The number of benzene rings is 2. The van der Waals surface area contributed by atoms with Crippen LogP contribution in [0, 0.1) is 12.7 Å². The Balaban J connectivity index is 1.83. The van der Waals surface area contributed by atoms with Crippen molar-refractivity contribution in [3.05, 3.63) is 81.9 Å². The Morgan fingerprint density at radius 2 is 1.86 bits per heavy atom. The summed E-state index contributed by atoms with van der Waals surface area (Å²) in [6.45, 7) is 1.67. The fourth-order valence-electron chi connectivity index (χ4n) is 3.34. The lowest BCUT2D eigenvalue weighted by molar-refractivity contribution is 0.0936. The highest BCUT2D eigenvalue weighted by Crippen LogP contribution is 2.32. The maximum atomic E-state index is 13.3. The number of carbonyl (C=O) groups excluding carboxylic acids is 2. The second-order valence-electron chi connectivity index (χ2n) is 6.27. The molecule has 0 aliphatic heterocycles. The Hall–Kier alpha value is -3.19. The van der Waals surface area contributed by atoms with Crippen molar-refractivity contribution in [1.29, 1.82) is 0 Å². The summed E-state index contributed by atoms with van der Waals surface area (Å²) in [7, 11) is 0. The Bertz CT molecular complexity index is 1260.